The molecule has 12 heteroatoms. The fourth-order valence-corrected chi connectivity index (χ4v) is 43.1. The number of carbonyl (C=O) groups is 3. The summed E-state index contributed by atoms with van der Waals surface area (Å²) >= 11 is -7.12. The normalized spacial score (nSPS) is 20.5. The summed E-state index contributed by atoms with van der Waals surface area (Å²) in [6.07, 6.45) is 4.53. The number of nitrogens with zero attached hydrogens (tertiary/aromatic N) is 1. The van der Waals surface area contributed by atoms with Gasteiger partial charge in [0.25, 0.3) is 0 Å². The maximum atomic E-state index is 16.2. The quantitative estimate of drug-likeness (QED) is 0.0821. The van der Waals surface area contributed by atoms with Gasteiger partial charge in [-0.05, 0) is 0 Å². The second-order valence-corrected chi connectivity index (χ2v) is 39.1. The number of Topliss-reactive ketones (excluding diaryl/α,β-unsaturated/α-hetero) is 1. The molecule has 1 aromatic heterocycles. The Balaban J connectivity index is 1.56. The molecule has 268 valence electrons. The molecule has 3 aromatic rings. The van der Waals surface area contributed by atoms with E-state index >= 15 is 8.78 Å². The number of ketones is 2. The van der Waals surface area contributed by atoms with Crippen molar-refractivity contribution in [1.82, 2.24) is 4.57 Å². The Hall–Kier alpha value is -3.08. The molecule has 8 nitrogen and oxygen atoms in total. The van der Waals surface area contributed by atoms with Gasteiger partial charge in [0.2, 0.25) is 0 Å². The number of halogens is 4. The van der Waals surface area contributed by atoms with E-state index in [0.29, 0.717) is 50.5 Å². The number of para-hydroxylation sites is 1. The van der Waals surface area contributed by atoms with Gasteiger partial charge < -0.3 is 0 Å². The van der Waals surface area contributed by atoms with Crippen LogP contribution in [-0.4, -0.2) is 63.3 Å². The first-order valence-electron chi connectivity index (χ1n) is 16.6. The van der Waals surface area contributed by atoms with E-state index in [0.717, 1.165) is 30.2 Å². The van der Waals surface area contributed by atoms with Crippen LogP contribution in [0.5, 0.6) is 0 Å². The van der Waals surface area contributed by atoms with Crippen molar-refractivity contribution in [3.8, 4) is 16.9 Å². The zero-order valence-electron chi connectivity index (χ0n) is 28.3. The molecule has 3 unspecified atom stereocenters. The molecule has 0 bridgehead atoms. The van der Waals surface area contributed by atoms with E-state index in [1.807, 2.05) is 39.1 Å². The summed E-state index contributed by atoms with van der Waals surface area (Å²) in [5.41, 5.74) is 2.88. The molecule has 2 aromatic carbocycles. The number of hydrogen-bond donors (Lipinski definition) is 0. The van der Waals surface area contributed by atoms with Gasteiger partial charge in [0, 0.05) is 0 Å². The Morgan fingerprint density at radius 1 is 1.10 bits per heavy atom. The number of benzene rings is 2. The summed E-state index contributed by atoms with van der Waals surface area (Å²) in [5, 5.41) is 0. The standard InChI is InChI=1S/C38H41F2I2NO7/c1-5-6-20-48-23-24(2)42(4,41-18-15-32(45)37(35(41)25(3)44)50-38(46)49-26-16-21-47-22-17-26)36-27-10-7-8-11-30(27)43-19-9-12-31(43)33-28(36)13-14-29(39)34(33)40/h7-15,18-19,24,26,36H,4-6,16-17,20-23H2,1-3H3. The minimum atomic E-state index is -4.04. The number of aromatic nitrogens is 1. The fraction of sp³-hybridized carbons (Fsp3) is 0.368. The molecular formula is C38H41F2I2NO7. The molecular weight excluding hydrogens is 874 g/mol. The predicted octanol–water partition coefficient (Wildman–Crippen LogP) is 9.16. The number of ether oxygens (including phenoxy) is 4. The third kappa shape index (κ3) is 6.92. The van der Waals surface area contributed by atoms with Crippen LogP contribution in [0.15, 0.2) is 74.2 Å². The number of fused-ring (bicyclic) bond motifs is 5. The van der Waals surface area contributed by atoms with Crippen molar-refractivity contribution in [3.63, 3.8) is 0 Å². The van der Waals surface area contributed by atoms with Crippen molar-refractivity contribution in [2.45, 2.75) is 60.4 Å². The molecule has 0 N–H and O–H groups in total. The first-order chi connectivity index (χ1) is 24.1. The van der Waals surface area contributed by atoms with E-state index in [1.165, 1.54) is 13.0 Å². The number of rotatable bonds is 11. The van der Waals surface area contributed by atoms with E-state index in [2.05, 4.69) is 13.8 Å². The van der Waals surface area contributed by atoms with Gasteiger partial charge in [0.1, 0.15) is 0 Å². The first-order valence-corrected chi connectivity index (χ1v) is 29.2. The van der Waals surface area contributed by atoms with Crippen molar-refractivity contribution >= 4 is 52.1 Å². The summed E-state index contributed by atoms with van der Waals surface area (Å²) in [6, 6.07) is 14.1. The molecule has 3 aliphatic heterocycles. The molecule has 0 radical (unpaired) electrons. The van der Waals surface area contributed by atoms with E-state index in [4.69, 9.17) is 23.5 Å². The average Bonchev–Trinajstić information content (AvgIpc) is 3.54. The summed E-state index contributed by atoms with van der Waals surface area (Å²) in [7, 11) is 0. The summed E-state index contributed by atoms with van der Waals surface area (Å²) in [4.78, 5) is 40.4. The van der Waals surface area contributed by atoms with Crippen LogP contribution in [0, 0.1) is 11.6 Å². The number of hydrogen-bond acceptors (Lipinski definition) is 7. The second-order valence-electron chi connectivity index (χ2n) is 12.3. The van der Waals surface area contributed by atoms with Crippen molar-refractivity contribution in [2.75, 3.05) is 26.4 Å². The Kier molecular flexibility index (Phi) is 11.5. The van der Waals surface area contributed by atoms with Gasteiger partial charge in [-0.3, -0.25) is 0 Å². The average molecular weight is 916 g/mol. The van der Waals surface area contributed by atoms with E-state index in [9.17, 15) is 14.4 Å². The number of alkyl halides is 2. The molecule has 3 aliphatic rings. The molecule has 0 saturated carbocycles. The van der Waals surface area contributed by atoms with Crippen LogP contribution < -0.4 is 0 Å². The SMILES string of the molecule is C=I(C(C)COCCCC)(C1c2ccccc2-n2cccc2-c2c1ccc(F)c2F)I1C=CC(=O)C(OC(=O)OC2CCOCC2)=C1C(C)=O. The minimum absolute atomic E-state index is 0.143. The third-order valence-electron chi connectivity index (χ3n) is 8.99. The van der Waals surface area contributed by atoms with Crippen LogP contribution in [0.4, 0.5) is 13.6 Å². The first kappa shape index (κ1) is 36.7. The van der Waals surface area contributed by atoms with Gasteiger partial charge in [-0.1, -0.05) is 0 Å². The zero-order chi connectivity index (χ0) is 35.6. The molecule has 3 atom stereocenters. The van der Waals surface area contributed by atoms with Crippen molar-refractivity contribution < 1.29 is 42.1 Å². The molecule has 6 rings (SSSR count). The van der Waals surface area contributed by atoms with Crippen molar-refractivity contribution in [3.05, 3.63) is 97.0 Å². The zero-order valence-corrected chi connectivity index (χ0v) is 32.6. The molecule has 0 amide bonds. The Morgan fingerprint density at radius 2 is 1.86 bits per heavy atom. The van der Waals surface area contributed by atoms with Crippen LogP contribution in [0.1, 0.15) is 61.5 Å². The number of allylic oxidation sites excluding steroid dienone is 2. The topological polar surface area (TPSA) is 93.1 Å². The summed E-state index contributed by atoms with van der Waals surface area (Å²) < 4.78 is 62.4. The van der Waals surface area contributed by atoms with Gasteiger partial charge in [0.05, 0.1) is 0 Å². The molecule has 0 aliphatic carbocycles. The number of carbonyl (C=O) groups excluding carboxylic acids is 3. The second kappa shape index (κ2) is 15.7. The number of unbranched alkanes of at least 4 members (excludes halogenated alkanes) is 1. The molecule has 4 heterocycles. The summed E-state index contributed by atoms with van der Waals surface area (Å²) in [6.45, 7) is 7.24. The van der Waals surface area contributed by atoms with Crippen LogP contribution in [0.2, 0.25) is 0 Å². The van der Waals surface area contributed by atoms with Crippen LogP contribution >= 0.6 is 29.8 Å². The Morgan fingerprint density at radius 3 is 2.60 bits per heavy atom. The van der Waals surface area contributed by atoms with Crippen LogP contribution in [0.25, 0.3) is 16.9 Å². The van der Waals surface area contributed by atoms with E-state index in [1.54, 1.807) is 18.2 Å². The van der Waals surface area contributed by atoms with Crippen LogP contribution in [0.3, 0.4) is 0 Å². The van der Waals surface area contributed by atoms with Crippen molar-refractivity contribution in [2.24, 2.45) is 0 Å². The molecule has 1 fully saturated rings. The maximum absolute atomic E-state index is 16.2. The van der Waals surface area contributed by atoms with Crippen molar-refractivity contribution in [1.29, 1.82) is 0 Å². The van der Waals surface area contributed by atoms with Gasteiger partial charge >= 0.3 is 300 Å². The van der Waals surface area contributed by atoms with Crippen LogP contribution in [-0.2, 0) is 28.5 Å². The molecule has 1 saturated heterocycles. The summed E-state index contributed by atoms with van der Waals surface area (Å²) in [5.74, 6) is -3.25. The van der Waals surface area contributed by atoms with Gasteiger partial charge in [0.15, 0.2) is 0 Å². The fourth-order valence-electron chi connectivity index (χ4n) is 6.45. The monoisotopic (exact) mass is 915 g/mol. The van der Waals surface area contributed by atoms with E-state index < -0.39 is 69.2 Å². The molecule has 50 heavy (non-hydrogen) atoms. The predicted molar refractivity (Wildman–Crippen MR) is 207 cm³/mol. The van der Waals surface area contributed by atoms with E-state index in [-0.39, 0.29) is 18.8 Å². The third-order valence-corrected chi connectivity index (χ3v) is 45.3. The van der Waals surface area contributed by atoms with Gasteiger partial charge in [-0.2, -0.15) is 0 Å². The van der Waals surface area contributed by atoms with Gasteiger partial charge in [-0.25, -0.2) is 0 Å². The molecule has 0 spiro atoms. The Labute approximate surface area is 297 Å². The Bertz CT molecular complexity index is 1910. The van der Waals surface area contributed by atoms with Gasteiger partial charge in [-0.15, -0.1) is 0 Å².